The van der Waals surface area contributed by atoms with Crippen molar-refractivity contribution in [3.05, 3.63) is 33.1 Å². The molecule has 0 aromatic heterocycles. The highest BCUT2D eigenvalue weighted by atomic mass is 127. The smallest absolute Gasteiger partial charge is 0.252 e. The zero-order chi connectivity index (χ0) is 13.1. The lowest BCUT2D eigenvalue weighted by molar-refractivity contribution is 0.0911. The minimum absolute atomic E-state index is 0.223. The second-order valence-corrected chi connectivity index (χ2v) is 5.56. The van der Waals surface area contributed by atoms with Crippen LogP contribution < -0.4 is 5.32 Å². The Morgan fingerprint density at radius 2 is 2.24 bits per heavy atom. The van der Waals surface area contributed by atoms with E-state index in [4.69, 9.17) is 11.6 Å². The van der Waals surface area contributed by atoms with Gasteiger partial charge in [-0.2, -0.15) is 0 Å². The van der Waals surface area contributed by atoms with Crippen LogP contribution in [0.2, 0.25) is 0 Å². The normalized spacial score (nSPS) is 14.2. The summed E-state index contributed by atoms with van der Waals surface area (Å²) in [5, 5.41) is 2.87. The van der Waals surface area contributed by atoms with Crippen LogP contribution in [0, 0.1) is 9.39 Å². The summed E-state index contributed by atoms with van der Waals surface area (Å²) >= 11 is 7.77. The summed E-state index contributed by atoms with van der Waals surface area (Å²) in [5.74, 6) is -0.228. The molecule has 0 fully saturated rings. The number of rotatable bonds is 4. The van der Waals surface area contributed by atoms with Gasteiger partial charge in [0.05, 0.1) is 11.1 Å². The number of nitrogens with one attached hydrogen (secondary N) is 1. The first-order valence-corrected chi connectivity index (χ1v) is 6.86. The number of carbonyl (C=O) groups is 1. The second-order valence-electron chi connectivity index (χ2n) is 4.13. The average molecular weight is 370 g/mol. The third-order valence-corrected chi connectivity index (χ3v) is 4.15. The monoisotopic (exact) mass is 369 g/mol. The van der Waals surface area contributed by atoms with E-state index in [1.807, 2.05) is 36.4 Å². The van der Waals surface area contributed by atoms with Gasteiger partial charge in [0, 0.05) is 9.45 Å². The van der Waals surface area contributed by atoms with E-state index in [0.717, 1.165) is 6.42 Å². The van der Waals surface area contributed by atoms with E-state index < -0.39 is 5.54 Å². The Balaban J connectivity index is 2.90. The Hall–Kier alpha value is -0.360. The van der Waals surface area contributed by atoms with Gasteiger partial charge in [-0.25, -0.2) is 4.39 Å². The van der Waals surface area contributed by atoms with E-state index in [1.165, 1.54) is 18.2 Å². The molecule has 0 aliphatic heterocycles. The molecule has 17 heavy (non-hydrogen) atoms. The first kappa shape index (κ1) is 14.7. The fourth-order valence-corrected chi connectivity index (χ4v) is 2.21. The molecule has 2 nitrogen and oxygen atoms in total. The van der Waals surface area contributed by atoms with Crippen molar-refractivity contribution in [3.63, 3.8) is 0 Å². The van der Waals surface area contributed by atoms with Gasteiger partial charge in [0.2, 0.25) is 0 Å². The molecular formula is C12H14ClFINO. The van der Waals surface area contributed by atoms with Crippen molar-refractivity contribution in [3.8, 4) is 0 Å². The Labute approximate surface area is 119 Å². The maximum absolute atomic E-state index is 12.9. The molecule has 0 spiro atoms. The molecular weight excluding hydrogens is 355 g/mol. The van der Waals surface area contributed by atoms with Gasteiger partial charge in [-0.3, -0.25) is 4.79 Å². The number of carbonyl (C=O) groups excluding carboxylic acids is 1. The molecule has 5 heteroatoms. The number of halogens is 3. The maximum atomic E-state index is 12.9. The van der Waals surface area contributed by atoms with Crippen molar-refractivity contribution >= 4 is 40.1 Å². The van der Waals surface area contributed by atoms with Crippen molar-refractivity contribution in [2.75, 3.05) is 5.88 Å². The quantitative estimate of drug-likeness (QED) is 0.638. The predicted octanol–water partition coefficient (Wildman–Crippen LogP) is 3.57. The van der Waals surface area contributed by atoms with Gasteiger partial charge in [-0.1, -0.05) is 6.92 Å². The number of alkyl halides is 1. The van der Waals surface area contributed by atoms with Gasteiger partial charge < -0.3 is 5.32 Å². The second kappa shape index (κ2) is 6.00. The van der Waals surface area contributed by atoms with E-state index in [9.17, 15) is 9.18 Å². The highest BCUT2D eigenvalue weighted by Gasteiger charge is 2.24. The van der Waals surface area contributed by atoms with Crippen LogP contribution in [0.3, 0.4) is 0 Å². The fraction of sp³-hybridized carbons (Fsp3) is 0.417. The van der Waals surface area contributed by atoms with Crippen LogP contribution in [0.15, 0.2) is 18.2 Å². The molecule has 0 saturated carbocycles. The minimum atomic E-state index is -0.434. The molecule has 0 radical (unpaired) electrons. The summed E-state index contributed by atoms with van der Waals surface area (Å²) in [4.78, 5) is 12.0. The topological polar surface area (TPSA) is 29.1 Å². The Kier molecular flexibility index (Phi) is 5.19. The molecule has 0 saturated heterocycles. The van der Waals surface area contributed by atoms with Crippen LogP contribution >= 0.6 is 34.2 Å². The maximum Gasteiger partial charge on any atom is 0.252 e. The number of hydrogen-bond donors (Lipinski definition) is 1. The van der Waals surface area contributed by atoms with Gasteiger partial charge in [0.15, 0.2) is 0 Å². The van der Waals surface area contributed by atoms with E-state index in [-0.39, 0.29) is 11.7 Å². The van der Waals surface area contributed by atoms with Crippen molar-refractivity contribution in [2.24, 2.45) is 0 Å². The van der Waals surface area contributed by atoms with E-state index >= 15 is 0 Å². The van der Waals surface area contributed by atoms with Crippen LogP contribution in [0.25, 0.3) is 0 Å². The zero-order valence-electron chi connectivity index (χ0n) is 9.69. The molecule has 0 bridgehead atoms. The molecule has 1 rings (SSSR count). The fourth-order valence-electron chi connectivity index (χ4n) is 1.23. The first-order chi connectivity index (χ1) is 7.91. The summed E-state index contributed by atoms with van der Waals surface area (Å²) < 4.78 is 13.5. The minimum Gasteiger partial charge on any atom is -0.346 e. The van der Waals surface area contributed by atoms with Gasteiger partial charge in [-0.05, 0) is 54.1 Å². The van der Waals surface area contributed by atoms with Crippen LogP contribution in [-0.2, 0) is 0 Å². The highest BCUT2D eigenvalue weighted by molar-refractivity contribution is 14.1. The molecule has 94 valence electrons. The number of benzene rings is 1. The highest BCUT2D eigenvalue weighted by Crippen LogP contribution is 2.17. The van der Waals surface area contributed by atoms with Gasteiger partial charge in [0.1, 0.15) is 5.82 Å². The van der Waals surface area contributed by atoms with Gasteiger partial charge >= 0.3 is 0 Å². The lowest BCUT2D eigenvalue weighted by atomic mass is 10.0. The Morgan fingerprint density at radius 3 is 2.71 bits per heavy atom. The van der Waals surface area contributed by atoms with Gasteiger partial charge in [-0.15, -0.1) is 11.6 Å². The van der Waals surface area contributed by atoms with Crippen LogP contribution in [0.4, 0.5) is 4.39 Å². The molecule has 1 unspecified atom stereocenters. The standard InChI is InChI=1S/C12H14ClFINO/c1-3-12(2,7-13)16-11(17)9-5-4-8(14)6-10(9)15/h4-6H,3,7H2,1-2H3,(H,16,17). The Bertz CT molecular complexity index is 421. The third kappa shape index (κ3) is 3.81. The van der Waals surface area contributed by atoms with Crippen molar-refractivity contribution in [2.45, 2.75) is 25.8 Å². The van der Waals surface area contributed by atoms with Crippen molar-refractivity contribution in [1.82, 2.24) is 5.32 Å². The molecule has 1 aromatic carbocycles. The van der Waals surface area contributed by atoms with Crippen molar-refractivity contribution in [1.29, 1.82) is 0 Å². The summed E-state index contributed by atoms with van der Waals surface area (Å²) in [6, 6.07) is 4.09. The zero-order valence-corrected chi connectivity index (χ0v) is 12.6. The van der Waals surface area contributed by atoms with Gasteiger partial charge in [0.25, 0.3) is 5.91 Å². The first-order valence-electron chi connectivity index (χ1n) is 5.25. The molecule has 0 heterocycles. The molecule has 0 aliphatic carbocycles. The predicted molar refractivity (Wildman–Crippen MR) is 76.0 cm³/mol. The third-order valence-electron chi connectivity index (χ3n) is 2.67. The number of amides is 1. The summed E-state index contributed by atoms with van der Waals surface area (Å²) in [6.45, 7) is 3.84. The van der Waals surface area contributed by atoms with Crippen LogP contribution in [-0.4, -0.2) is 17.3 Å². The number of hydrogen-bond acceptors (Lipinski definition) is 1. The largest absolute Gasteiger partial charge is 0.346 e. The SMILES string of the molecule is CCC(C)(CCl)NC(=O)c1ccc(F)cc1I. The Morgan fingerprint density at radius 1 is 1.59 bits per heavy atom. The molecule has 1 aromatic rings. The summed E-state index contributed by atoms with van der Waals surface area (Å²) in [7, 11) is 0. The van der Waals surface area contributed by atoms with E-state index in [1.54, 1.807) is 0 Å². The molecule has 1 N–H and O–H groups in total. The summed E-state index contributed by atoms with van der Waals surface area (Å²) in [5.41, 5.74) is 0.0348. The summed E-state index contributed by atoms with van der Waals surface area (Å²) in [6.07, 6.45) is 0.736. The molecule has 1 atom stereocenters. The van der Waals surface area contributed by atoms with E-state index in [2.05, 4.69) is 5.32 Å². The molecule has 0 aliphatic rings. The average Bonchev–Trinajstić information content (AvgIpc) is 2.28. The lowest BCUT2D eigenvalue weighted by Crippen LogP contribution is -2.47. The molecule has 1 amide bonds. The lowest BCUT2D eigenvalue weighted by Gasteiger charge is -2.27. The van der Waals surface area contributed by atoms with Crippen LogP contribution in [0.1, 0.15) is 30.6 Å². The van der Waals surface area contributed by atoms with Crippen molar-refractivity contribution < 1.29 is 9.18 Å². The van der Waals surface area contributed by atoms with E-state index in [0.29, 0.717) is 15.0 Å². The van der Waals surface area contributed by atoms with Crippen LogP contribution in [0.5, 0.6) is 0 Å².